The summed E-state index contributed by atoms with van der Waals surface area (Å²) in [5, 5.41) is 3.90. The molecule has 0 atom stereocenters. The van der Waals surface area contributed by atoms with E-state index in [0.29, 0.717) is 0 Å². The number of aryl methyl sites for hydroxylation is 1. The molecule has 106 valence electrons. The van der Waals surface area contributed by atoms with Crippen LogP contribution in [0, 0.1) is 6.92 Å². The third-order valence-corrected chi connectivity index (χ3v) is 4.00. The van der Waals surface area contributed by atoms with E-state index in [2.05, 4.69) is 21.2 Å². The minimum atomic E-state index is -0.0638. The highest BCUT2D eigenvalue weighted by molar-refractivity contribution is 9.10. The number of nitrogens with one attached hydrogen (secondary N) is 1. The van der Waals surface area contributed by atoms with Gasteiger partial charge in [0.2, 0.25) is 5.91 Å². The van der Waals surface area contributed by atoms with Gasteiger partial charge in [0.15, 0.2) is 0 Å². The molecule has 0 unspecified atom stereocenters. The highest BCUT2D eigenvalue weighted by atomic mass is 79.9. The molecule has 1 amide bonds. The van der Waals surface area contributed by atoms with Crippen LogP contribution in [0.3, 0.4) is 0 Å². The molecule has 4 heteroatoms. The predicted molar refractivity (Wildman–Crippen MR) is 87.4 cm³/mol. The number of amides is 1. The van der Waals surface area contributed by atoms with Gasteiger partial charge in [0, 0.05) is 15.4 Å². The minimum Gasteiger partial charge on any atom is -0.464 e. The minimum absolute atomic E-state index is 0.0638. The van der Waals surface area contributed by atoms with Crippen LogP contribution in [0.2, 0.25) is 0 Å². The number of anilines is 1. The molecule has 1 N–H and O–H groups in total. The van der Waals surface area contributed by atoms with Gasteiger partial charge < -0.3 is 9.73 Å². The summed E-state index contributed by atoms with van der Waals surface area (Å²) in [6.45, 7) is 2.03. The molecule has 3 aromatic rings. The summed E-state index contributed by atoms with van der Waals surface area (Å²) in [6.07, 6.45) is 1.95. The molecule has 3 rings (SSSR count). The maximum Gasteiger partial charge on any atom is 0.228 e. The van der Waals surface area contributed by atoms with Crippen molar-refractivity contribution in [1.82, 2.24) is 0 Å². The lowest BCUT2D eigenvalue weighted by Gasteiger charge is -2.06. The van der Waals surface area contributed by atoms with Gasteiger partial charge >= 0.3 is 0 Å². The first-order valence-corrected chi connectivity index (χ1v) is 7.44. The maximum atomic E-state index is 12.2. The summed E-state index contributed by atoms with van der Waals surface area (Å²) in [5.41, 5.74) is 3.63. The van der Waals surface area contributed by atoms with Crippen LogP contribution in [-0.4, -0.2) is 5.91 Å². The lowest BCUT2D eigenvalue weighted by Crippen LogP contribution is -2.14. The largest absolute Gasteiger partial charge is 0.464 e. The second-order valence-electron chi connectivity index (χ2n) is 4.97. The Balaban J connectivity index is 1.80. The van der Waals surface area contributed by atoms with E-state index in [1.165, 1.54) is 0 Å². The molecule has 0 aliphatic rings. The van der Waals surface area contributed by atoms with E-state index in [0.717, 1.165) is 32.3 Å². The number of carbonyl (C=O) groups is 1. The van der Waals surface area contributed by atoms with Crippen molar-refractivity contribution < 1.29 is 9.21 Å². The van der Waals surface area contributed by atoms with Gasteiger partial charge in [0.05, 0.1) is 18.4 Å². The average molecular weight is 344 g/mol. The second-order valence-corrected chi connectivity index (χ2v) is 5.82. The van der Waals surface area contributed by atoms with Gasteiger partial charge in [-0.25, -0.2) is 0 Å². The van der Waals surface area contributed by atoms with Gasteiger partial charge in [-0.3, -0.25) is 4.79 Å². The van der Waals surface area contributed by atoms with Crippen LogP contribution < -0.4 is 5.32 Å². The summed E-state index contributed by atoms with van der Waals surface area (Å²) in [7, 11) is 0. The van der Waals surface area contributed by atoms with Crippen molar-refractivity contribution in [3.8, 4) is 0 Å². The highest BCUT2D eigenvalue weighted by Crippen LogP contribution is 2.24. The van der Waals surface area contributed by atoms with Crippen molar-refractivity contribution in [3.05, 3.63) is 64.3 Å². The number of fused-ring (bicyclic) bond motifs is 1. The number of rotatable bonds is 3. The van der Waals surface area contributed by atoms with E-state index in [9.17, 15) is 4.79 Å². The Kier molecular flexibility index (Phi) is 3.80. The first kappa shape index (κ1) is 13.9. The van der Waals surface area contributed by atoms with E-state index in [1.54, 1.807) is 6.26 Å². The van der Waals surface area contributed by atoms with Crippen molar-refractivity contribution in [2.24, 2.45) is 0 Å². The fourth-order valence-corrected chi connectivity index (χ4v) is 2.65. The lowest BCUT2D eigenvalue weighted by molar-refractivity contribution is -0.115. The van der Waals surface area contributed by atoms with Crippen molar-refractivity contribution in [2.75, 3.05) is 5.32 Å². The number of para-hydroxylation sites is 1. The standard InChI is InChI=1S/C17H14BrNO2/c1-11-6-7-16-13(8-11)12(10-21-16)9-17(20)19-15-5-3-2-4-14(15)18/h2-8,10H,9H2,1H3,(H,19,20). The zero-order valence-electron chi connectivity index (χ0n) is 11.5. The monoisotopic (exact) mass is 343 g/mol. The zero-order valence-corrected chi connectivity index (χ0v) is 13.1. The van der Waals surface area contributed by atoms with E-state index >= 15 is 0 Å². The van der Waals surface area contributed by atoms with Crippen LogP contribution in [-0.2, 0) is 11.2 Å². The van der Waals surface area contributed by atoms with Crippen molar-refractivity contribution in [2.45, 2.75) is 13.3 Å². The van der Waals surface area contributed by atoms with Gasteiger partial charge in [-0.15, -0.1) is 0 Å². The zero-order chi connectivity index (χ0) is 14.8. The van der Waals surface area contributed by atoms with E-state index < -0.39 is 0 Å². The van der Waals surface area contributed by atoms with Gasteiger partial charge in [-0.1, -0.05) is 23.8 Å². The van der Waals surface area contributed by atoms with Crippen LogP contribution in [0.15, 0.2) is 57.6 Å². The third-order valence-electron chi connectivity index (χ3n) is 3.31. The average Bonchev–Trinajstić information content (AvgIpc) is 2.84. The fraction of sp³-hybridized carbons (Fsp3) is 0.118. The lowest BCUT2D eigenvalue weighted by atomic mass is 10.1. The number of furan rings is 1. The molecular weight excluding hydrogens is 330 g/mol. The summed E-state index contributed by atoms with van der Waals surface area (Å²) in [5.74, 6) is -0.0638. The Labute approximate surface area is 131 Å². The molecule has 1 heterocycles. The van der Waals surface area contributed by atoms with Gasteiger partial charge in [0.25, 0.3) is 0 Å². The van der Waals surface area contributed by atoms with E-state index in [1.807, 2.05) is 49.4 Å². The Morgan fingerprint density at radius 2 is 2.05 bits per heavy atom. The fourth-order valence-electron chi connectivity index (χ4n) is 2.26. The van der Waals surface area contributed by atoms with Crippen LogP contribution in [0.4, 0.5) is 5.69 Å². The second kappa shape index (κ2) is 5.74. The molecule has 3 nitrogen and oxygen atoms in total. The third kappa shape index (κ3) is 3.00. The highest BCUT2D eigenvalue weighted by Gasteiger charge is 2.11. The summed E-state index contributed by atoms with van der Waals surface area (Å²) in [6, 6.07) is 13.5. The van der Waals surface area contributed by atoms with Crippen LogP contribution in [0.5, 0.6) is 0 Å². The van der Waals surface area contributed by atoms with Crippen molar-refractivity contribution in [1.29, 1.82) is 0 Å². The Morgan fingerprint density at radius 1 is 1.24 bits per heavy atom. The number of hydrogen-bond acceptors (Lipinski definition) is 2. The molecule has 0 saturated heterocycles. The molecule has 0 aliphatic heterocycles. The van der Waals surface area contributed by atoms with Crippen LogP contribution >= 0.6 is 15.9 Å². The molecule has 0 radical (unpaired) electrons. The topological polar surface area (TPSA) is 42.2 Å². The maximum absolute atomic E-state index is 12.2. The van der Waals surface area contributed by atoms with Gasteiger partial charge in [-0.2, -0.15) is 0 Å². The SMILES string of the molecule is Cc1ccc2occ(CC(=O)Nc3ccccc3Br)c2c1. The predicted octanol–water partition coefficient (Wildman–Crippen LogP) is 4.68. The molecule has 0 saturated carbocycles. The Hall–Kier alpha value is -2.07. The smallest absolute Gasteiger partial charge is 0.228 e. The summed E-state index contributed by atoms with van der Waals surface area (Å²) in [4.78, 5) is 12.2. The van der Waals surface area contributed by atoms with Gasteiger partial charge in [-0.05, 0) is 47.1 Å². The van der Waals surface area contributed by atoms with Crippen LogP contribution in [0.25, 0.3) is 11.0 Å². The first-order chi connectivity index (χ1) is 10.1. The molecule has 2 aromatic carbocycles. The molecule has 21 heavy (non-hydrogen) atoms. The molecule has 0 spiro atoms. The number of carbonyl (C=O) groups excluding carboxylic acids is 1. The Morgan fingerprint density at radius 3 is 2.86 bits per heavy atom. The molecule has 0 bridgehead atoms. The molecule has 0 fully saturated rings. The summed E-state index contributed by atoms with van der Waals surface area (Å²) >= 11 is 3.42. The number of benzene rings is 2. The number of hydrogen-bond donors (Lipinski definition) is 1. The van der Waals surface area contributed by atoms with Crippen LogP contribution in [0.1, 0.15) is 11.1 Å². The summed E-state index contributed by atoms with van der Waals surface area (Å²) < 4.78 is 6.36. The normalized spacial score (nSPS) is 10.8. The van der Waals surface area contributed by atoms with Crippen molar-refractivity contribution >= 4 is 38.5 Å². The molecule has 0 aliphatic carbocycles. The first-order valence-electron chi connectivity index (χ1n) is 6.64. The van der Waals surface area contributed by atoms with Gasteiger partial charge in [0.1, 0.15) is 5.58 Å². The van der Waals surface area contributed by atoms with E-state index in [4.69, 9.17) is 4.42 Å². The molecule has 1 aromatic heterocycles. The Bertz CT molecular complexity index is 807. The quantitative estimate of drug-likeness (QED) is 0.749. The molecular formula is C17H14BrNO2. The van der Waals surface area contributed by atoms with E-state index in [-0.39, 0.29) is 12.3 Å². The number of halogens is 1. The van der Waals surface area contributed by atoms with Crippen molar-refractivity contribution in [3.63, 3.8) is 0 Å².